The van der Waals surface area contributed by atoms with Gasteiger partial charge in [0.2, 0.25) is 0 Å². The van der Waals surface area contributed by atoms with Crippen LogP contribution in [-0.4, -0.2) is 0 Å². The largest absolute Gasteiger partial charge is 0.0622 e. The zero-order chi connectivity index (χ0) is 29.0. The van der Waals surface area contributed by atoms with Crippen LogP contribution in [0.4, 0.5) is 0 Å². The summed E-state index contributed by atoms with van der Waals surface area (Å²) in [4.78, 5) is 0. The van der Waals surface area contributed by atoms with Gasteiger partial charge in [0.05, 0.1) is 0 Å². The Morgan fingerprint density at radius 3 is 1.25 bits per heavy atom. The molecular weight excluding hydrogens is 528 g/mol. The van der Waals surface area contributed by atoms with Crippen LogP contribution in [0, 0.1) is 0 Å². The summed E-state index contributed by atoms with van der Waals surface area (Å²) in [5.41, 5.74) is 9.97. The summed E-state index contributed by atoms with van der Waals surface area (Å²) >= 11 is 0. The van der Waals surface area contributed by atoms with Gasteiger partial charge in [0, 0.05) is 0 Å². The summed E-state index contributed by atoms with van der Waals surface area (Å²) in [6.45, 7) is 0. The fourth-order valence-electron chi connectivity index (χ4n) is 7.20. The summed E-state index contributed by atoms with van der Waals surface area (Å²) in [5, 5.41) is 10.4. The van der Waals surface area contributed by atoms with E-state index in [1.165, 1.54) is 87.6 Å². The van der Waals surface area contributed by atoms with Crippen molar-refractivity contribution in [2.75, 3.05) is 0 Å². The molecule has 0 spiro atoms. The number of fused-ring (bicyclic) bond motifs is 2. The molecule has 9 rings (SSSR count). The van der Waals surface area contributed by atoms with Crippen LogP contribution in [-0.2, 0) is 0 Å². The van der Waals surface area contributed by atoms with Gasteiger partial charge in [0.15, 0.2) is 0 Å². The maximum Gasteiger partial charge on any atom is -0.00137 e. The molecule has 0 saturated heterocycles. The van der Waals surface area contributed by atoms with Gasteiger partial charge in [0.1, 0.15) is 0 Å². The van der Waals surface area contributed by atoms with E-state index in [1.54, 1.807) is 0 Å². The van der Waals surface area contributed by atoms with Crippen LogP contribution < -0.4 is 0 Å². The number of hydrogen-bond donors (Lipinski definition) is 0. The van der Waals surface area contributed by atoms with E-state index >= 15 is 0 Å². The van der Waals surface area contributed by atoms with Gasteiger partial charge in [-0.1, -0.05) is 146 Å². The Balaban J connectivity index is 1.52. The summed E-state index contributed by atoms with van der Waals surface area (Å²) in [5.74, 6) is 0. The molecule has 0 nitrogen and oxygen atoms in total. The Morgan fingerprint density at radius 2 is 0.682 bits per heavy atom. The average molecular weight is 557 g/mol. The van der Waals surface area contributed by atoms with E-state index in [0.717, 1.165) is 0 Å². The minimum absolute atomic E-state index is 1.23. The van der Waals surface area contributed by atoms with Crippen molar-refractivity contribution < 1.29 is 0 Å². The first kappa shape index (κ1) is 24.8. The van der Waals surface area contributed by atoms with Crippen molar-refractivity contribution in [3.05, 3.63) is 170 Å². The van der Waals surface area contributed by atoms with Gasteiger partial charge in [-0.15, -0.1) is 0 Å². The second kappa shape index (κ2) is 9.93. The molecule has 0 saturated carbocycles. The molecule has 0 heteroatoms. The molecule has 9 aromatic rings. The fraction of sp³-hybridized carbons (Fsp3) is 0. The smallest absolute Gasteiger partial charge is 0.00137 e. The monoisotopic (exact) mass is 556 g/mol. The van der Waals surface area contributed by atoms with Crippen molar-refractivity contribution in [3.63, 3.8) is 0 Å². The lowest BCUT2D eigenvalue weighted by atomic mass is 9.82. The molecular formula is C44H28. The second-order valence-corrected chi connectivity index (χ2v) is 11.7. The summed E-state index contributed by atoms with van der Waals surface area (Å²) in [6.07, 6.45) is 0. The topological polar surface area (TPSA) is 0 Å². The fourth-order valence-corrected chi connectivity index (χ4v) is 7.20. The van der Waals surface area contributed by atoms with Crippen LogP contribution in [0.15, 0.2) is 170 Å². The van der Waals surface area contributed by atoms with Gasteiger partial charge < -0.3 is 0 Å². The Bertz CT molecular complexity index is 2430. The highest BCUT2D eigenvalue weighted by atomic mass is 14.2. The Morgan fingerprint density at radius 1 is 0.227 bits per heavy atom. The first-order valence-electron chi connectivity index (χ1n) is 15.3. The van der Waals surface area contributed by atoms with Crippen molar-refractivity contribution in [3.8, 4) is 44.5 Å². The van der Waals surface area contributed by atoms with Gasteiger partial charge in [-0.25, -0.2) is 0 Å². The molecule has 0 radical (unpaired) electrons. The van der Waals surface area contributed by atoms with Crippen molar-refractivity contribution in [2.24, 2.45) is 0 Å². The zero-order valence-electron chi connectivity index (χ0n) is 24.2. The molecule has 0 bridgehead atoms. The Hall–Kier alpha value is -5.72. The van der Waals surface area contributed by atoms with E-state index in [0.29, 0.717) is 0 Å². The van der Waals surface area contributed by atoms with E-state index in [2.05, 4.69) is 170 Å². The third-order valence-electron chi connectivity index (χ3n) is 9.17. The second-order valence-electron chi connectivity index (χ2n) is 11.7. The molecule has 9 aromatic carbocycles. The van der Waals surface area contributed by atoms with Crippen LogP contribution in [0.5, 0.6) is 0 Å². The minimum atomic E-state index is 1.23. The van der Waals surface area contributed by atoms with E-state index in [1.807, 2.05) is 0 Å². The van der Waals surface area contributed by atoms with Crippen LogP contribution in [0.25, 0.3) is 87.6 Å². The molecule has 0 heterocycles. The van der Waals surface area contributed by atoms with Crippen molar-refractivity contribution in [1.82, 2.24) is 0 Å². The van der Waals surface area contributed by atoms with E-state index in [9.17, 15) is 0 Å². The van der Waals surface area contributed by atoms with Crippen molar-refractivity contribution >= 4 is 43.1 Å². The van der Waals surface area contributed by atoms with Crippen molar-refractivity contribution in [1.29, 1.82) is 0 Å². The molecule has 0 atom stereocenters. The molecule has 0 aliphatic rings. The lowest BCUT2D eigenvalue weighted by molar-refractivity contribution is 1.64. The summed E-state index contributed by atoms with van der Waals surface area (Å²) in [7, 11) is 0. The predicted molar refractivity (Wildman–Crippen MR) is 189 cm³/mol. The molecule has 44 heavy (non-hydrogen) atoms. The van der Waals surface area contributed by atoms with Crippen LogP contribution in [0.2, 0.25) is 0 Å². The standard InChI is InChI=1S/C44H28/c1-5-13-29(14-6-1)33-25-35-26-34(30-15-7-2-8-16-30)28-41-42(35)40(27-33)39-23-21-36(31-17-9-3-10-18-31)38-24-22-37(43(41)44(38)39)32-19-11-4-12-20-32/h1-28H. The number of hydrogen-bond acceptors (Lipinski definition) is 0. The van der Waals surface area contributed by atoms with Gasteiger partial charge >= 0.3 is 0 Å². The van der Waals surface area contributed by atoms with E-state index in [4.69, 9.17) is 0 Å². The van der Waals surface area contributed by atoms with Crippen LogP contribution in [0.3, 0.4) is 0 Å². The third-order valence-corrected chi connectivity index (χ3v) is 9.17. The Labute approximate surface area is 256 Å². The summed E-state index contributed by atoms with van der Waals surface area (Å²) < 4.78 is 0. The highest BCUT2D eigenvalue weighted by molar-refractivity contribution is 6.37. The minimum Gasteiger partial charge on any atom is -0.0622 e. The van der Waals surface area contributed by atoms with Gasteiger partial charge in [0.25, 0.3) is 0 Å². The Kier molecular flexibility index (Phi) is 5.61. The molecule has 0 unspecified atom stereocenters. The number of rotatable bonds is 4. The van der Waals surface area contributed by atoms with Gasteiger partial charge in [-0.3, -0.25) is 0 Å². The van der Waals surface area contributed by atoms with Crippen LogP contribution in [0.1, 0.15) is 0 Å². The molecule has 0 aromatic heterocycles. The third kappa shape index (κ3) is 3.85. The molecule has 204 valence electrons. The lowest BCUT2D eigenvalue weighted by Gasteiger charge is -2.21. The first-order chi connectivity index (χ1) is 21.8. The quantitative estimate of drug-likeness (QED) is 0.149. The molecule has 0 aliphatic heterocycles. The molecule has 0 N–H and O–H groups in total. The normalized spacial score (nSPS) is 11.6. The van der Waals surface area contributed by atoms with E-state index in [-0.39, 0.29) is 0 Å². The predicted octanol–water partition coefficient (Wildman–Crippen LogP) is 12.4. The average Bonchev–Trinajstić information content (AvgIpc) is 3.11. The maximum atomic E-state index is 2.43. The van der Waals surface area contributed by atoms with Gasteiger partial charge in [-0.05, 0) is 112 Å². The number of benzene rings is 9. The van der Waals surface area contributed by atoms with Crippen molar-refractivity contribution in [2.45, 2.75) is 0 Å². The molecule has 0 aliphatic carbocycles. The highest BCUT2D eigenvalue weighted by Gasteiger charge is 2.20. The van der Waals surface area contributed by atoms with E-state index < -0.39 is 0 Å². The zero-order valence-corrected chi connectivity index (χ0v) is 24.2. The van der Waals surface area contributed by atoms with Gasteiger partial charge in [-0.2, -0.15) is 0 Å². The summed E-state index contributed by atoms with van der Waals surface area (Å²) in [6, 6.07) is 62.3. The first-order valence-corrected chi connectivity index (χ1v) is 15.3. The molecule has 0 fully saturated rings. The SMILES string of the molecule is c1ccc(-c2cc3cc(-c4ccccc4)cc4c5c(-c6ccccc6)ccc6c(-c7ccccc7)ccc(c(c2)c34)c65)cc1. The van der Waals surface area contributed by atoms with Crippen LogP contribution >= 0.6 is 0 Å². The maximum absolute atomic E-state index is 2.43. The lowest BCUT2D eigenvalue weighted by Crippen LogP contribution is -1.93. The molecule has 0 amide bonds. The highest BCUT2D eigenvalue weighted by Crippen LogP contribution is 2.48.